The first-order valence-electron chi connectivity index (χ1n) is 8.69. The van der Waals surface area contributed by atoms with Crippen molar-refractivity contribution in [3.8, 4) is 5.75 Å². The zero-order chi connectivity index (χ0) is 18.8. The van der Waals surface area contributed by atoms with Crippen molar-refractivity contribution in [2.24, 2.45) is 0 Å². The summed E-state index contributed by atoms with van der Waals surface area (Å²) in [7, 11) is 5.94. The topological polar surface area (TPSA) is 12.5 Å². The van der Waals surface area contributed by atoms with E-state index in [1.54, 1.807) is 12.3 Å². The molecule has 0 saturated heterocycles. The number of rotatable bonds is 1. The van der Waals surface area contributed by atoms with Gasteiger partial charge in [-0.3, -0.25) is 0 Å². The summed E-state index contributed by atoms with van der Waals surface area (Å²) in [5, 5.41) is 0. The fourth-order valence-electron chi connectivity index (χ4n) is 3.19. The minimum Gasteiger partial charge on any atom is -0.464 e. The second-order valence-electron chi connectivity index (χ2n) is 6.38. The summed E-state index contributed by atoms with van der Waals surface area (Å²) in [6, 6.07) is 14.3. The quantitative estimate of drug-likeness (QED) is 0.596. The number of ether oxygens (including phenoxy) is 1. The number of nitrogens with zero attached hydrogens (tertiary/aromatic N) is 1. The van der Waals surface area contributed by atoms with Crippen molar-refractivity contribution < 1.29 is 4.74 Å². The van der Waals surface area contributed by atoms with Crippen LogP contribution >= 0.6 is 0 Å². The van der Waals surface area contributed by atoms with E-state index in [1.165, 1.54) is 0 Å². The minimum absolute atomic E-state index is 0.606. The van der Waals surface area contributed by atoms with Crippen molar-refractivity contribution >= 4 is 30.4 Å². The van der Waals surface area contributed by atoms with Gasteiger partial charge in [-0.05, 0) is 47.6 Å². The van der Waals surface area contributed by atoms with E-state index in [0.29, 0.717) is 5.47 Å². The van der Waals surface area contributed by atoms with Crippen molar-refractivity contribution in [2.45, 2.75) is 0 Å². The molecule has 2 heterocycles. The Kier molecular flexibility index (Phi) is 4.43. The van der Waals surface area contributed by atoms with Gasteiger partial charge in [-0.25, -0.2) is 0 Å². The molecule has 2 aromatic carbocycles. The van der Waals surface area contributed by atoms with E-state index in [9.17, 15) is 0 Å². The second-order valence-corrected chi connectivity index (χ2v) is 6.38. The van der Waals surface area contributed by atoms with Crippen LogP contribution in [0.25, 0.3) is 11.1 Å². The van der Waals surface area contributed by atoms with Crippen molar-refractivity contribution in [2.75, 3.05) is 4.90 Å². The highest BCUT2D eigenvalue weighted by atomic mass is 16.5. The van der Waals surface area contributed by atoms with Crippen LogP contribution in [-0.4, -0.2) is 7.85 Å². The molecule has 2 nitrogen and oxygen atoms in total. The van der Waals surface area contributed by atoms with Gasteiger partial charge in [0.2, 0.25) is 0 Å². The fraction of sp³-hybridized carbons (Fsp3) is 0. The van der Waals surface area contributed by atoms with Gasteiger partial charge in [0.25, 0.3) is 0 Å². The average Bonchev–Trinajstić information content (AvgIpc) is 2.66. The molecule has 3 heteroatoms. The Morgan fingerprint density at radius 1 is 0.889 bits per heavy atom. The molecule has 27 heavy (non-hydrogen) atoms. The SMILES string of the molecule is [B]C1=C/C(=C)c2cc(N3/C=C\C=C/C(=C)c4ccccc43)ccc2O/C=C\1. The highest BCUT2D eigenvalue weighted by molar-refractivity contribution is 6.24. The third kappa shape index (κ3) is 3.32. The van der Waals surface area contributed by atoms with Gasteiger partial charge < -0.3 is 9.64 Å². The van der Waals surface area contributed by atoms with Gasteiger partial charge in [-0.1, -0.05) is 55.1 Å². The summed E-state index contributed by atoms with van der Waals surface area (Å²) in [6.45, 7) is 8.34. The summed E-state index contributed by atoms with van der Waals surface area (Å²) in [5.74, 6) is 0.748. The lowest BCUT2D eigenvalue weighted by Crippen LogP contribution is -2.11. The Morgan fingerprint density at radius 2 is 1.74 bits per heavy atom. The number of anilines is 2. The number of benzene rings is 2. The Morgan fingerprint density at radius 3 is 2.63 bits per heavy atom. The van der Waals surface area contributed by atoms with Gasteiger partial charge in [0.15, 0.2) is 0 Å². The van der Waals surface area contributed by atoms with Gasteiger partial charge in [-0.15, -0.1) is 0 Å². The number of hydrogen-bond donors (Lipinski definition) is 0. The lowest BCUT2D eigenvalue weighted by molar-refractivity contribution is 0.479. The van der Waals surface area contributed by atoms with Crippen molar-refractivity contribution in [3.63, 3.8) is 0 Å². The van der Waals surface area contributed by atoms with Crippen LogP contribution in [0.5, 0.6) is 5.75 Å². The van der Waals surface area contributed by atoms with Crippen molar-refractivity contribution in [1.29, 1.82) is 0 Å². The van der Waals surface area contributed by atoms with E-state index in [0.717, 1.165) is 39.4 Å². The molecule has 4 rings (SSSR count). The molecule has 128 valence electrons. The van der Waals surface area contributed by atoms with Crippen molar-refractivity contribution in [1.82, 2.24) is 0 Å². The molecule has 0 spiro atoms. The molecular formula is C24H18BNO. The maximum atomic E-state index is 5.94. The van der Waals surface area contributed by atoms with Crippen LogP contribution in [0.2, 0.25) is 0 Å². The molecule has 0 bridgehead atoms. The molecule has 2 aliphatic rings. The first-order chi connectivity index (χ1) is 13.1. The van der Waals surface area contributed by atoms with Crippen LogP contribution in [0.3, 0.4) is 0 Å². The molecule has 0 unspecified atom stereocenters. The molecule has 0 atom stereocenters. The molecule has 0 saturated carbocycles. The van der Waals surface area contributed by atoms with E-state index in [1.807, 2.05) is 54.8 Å². The number of hydrogen-bond acceptors (Lipinski definition) is 2. The summed E-state index contributed by atoms with van der Waals surface area (Å²) in [6.07, 6.45) is 13.2. The third-order valence-corrected chi connectivity index (χ3v) is 4.54. The van der Waals surface area contributed by atoms with Crippen molar-refractivity contribution in [3.05, 3.63) is 115 Å². The van der Waals surface area contributed by atoms with Gasteiger partial charge in [0, 0.05) is 23.0 Å². The molecule has 0 aromatic heterocycles. The fourth-order valence-corrected chi connectivity index (χ4v) is 3.19. The minimum atomic E-state index is 0.606. The van der Waals surface area contributed by atoms with E-state index in [2.05, 4.69) is 36.3 Å². The van der Waals surface area contributed by atoms with Crippen LogP contribution in [0.15, 0.2) is 104 Å². The standard InChI is InChI=1S/C24H18BNO/c1-17-7-5-6-13-26(23-9-4-3-8-21(17)23)20-10-11-24-22(16-20)18(2)15-19(25)12-14-27-24/h3-16H,1-2H2/b7-5-,13-6-,14-12-,19-15+. The normalized spacial score (nSPS) is 21.2. The molecule has 2 radical (unpaired) electrons. The maximum Gasteiger partial charge on any atom is 0.134 e. The molecule has 0 N–H and O–H groups in total. The first kappa shape index (κ1) is 17.0. The summed E-state index contributed by atoms with van der Waals surface area (Å²) in [4.78, 5) is 2.14. The number of fused-ring (bicyclic) bond motifs is 2. The maximum absolute atomic E-state index is 5.94. The monoisotopic (exact) mass is 347 g/mol. The smallest absolute Gasteiger partial charge is 0.134 e. The Hall–Kier alpha value is -3.46. The first-order valence-corrected chi connectivity index (χ1v) is 8.69. The molecule has 0 amide bonds. The predicted molar refractivity (Wildman–Crippen MR) is 115 cm³/mol. The zero-order valence-electron chi connectivity index (χ0n) is 14.9. The summed E-state index contributed by atoms with van der Waals surface area (Å²) in [5.41, 5.74) is 6.45. The summed E-state index contributed by atoms with van der Waals surface area (Å²) >= 11 is 0. The highest BCUT2D eigenvalue weighted by Gasteiger charge is 2.16. The second kappa shape index (κ2) is 7.04. The van der Waals surface area contributed by atoms with E-state index < -0.39 is 0 Å². The largest absolute Gasteiger partial charge is 0.464 e. The van der Waals surface area contributed by atoms with E-state index in [-0.39, 0.29) is 0 Å². The molecule has 0 aliphatic carbocycles. The lowest BCUT2D eigenvalue weighted by Gasteiger charge is -2.26. The van der Waals surface area contributed by atoms with Gasteiger partial charge in [0.05, 0.1) is 11.9 Å². The van der Waals surface area contributed by atoms with Crippen LogP contribution in [0.4, 0.5) is 11.4 Å². The van der Waals surface area contributed by atoms with Gasteiger partial charge in [-0.2, -0.15) is 0 Å². The molecule has 0 fully saturated rings. The molecule has 2 aromatic rings. The molecular weight excluding hydrogens is 329 g/mol. The Labute approximate surface area is 161 Å². The van der Waals surface area contributed by atoms with Crippen LogP contribution in [-0.2, 0) is 0 Å². The third-order valence-electron chi connectivity index (χ3n) is 4.54. The van der Waals surface area contributed by atoms with Gasteiger partial charge >= 0.3 is 0 Å². The average molecular weight is 347 g/mol. The number of allylic oxidation sites excluding steroid dienone is 8. The van der Waals surface area contributed by atoms with Crippen LogP contribution in [0, 0.1) is 0 Å². The summed E-state index contributed by atoms with van der Waals surface area (Å²) < 4.78 is 5.72. The predicted octanol–water partition coefficient (Wildman–Crippen LogP) is 5.89. The van der Waals surface area contributed by atoms with Crippen LogP contribution in [0.1, 0.15) is 11.1 Å². The highest BCUT2D eigenvalue weighted by Crippen LogP contribution is 2.38. The zero-order valence-corrected chi connectivity index (χ0v) is 14.9. The van der Waals surface area contributed by atoms with E-state index in [4.69, 9.17) is 12.6 Å². The number of para-hydroxylation sites is 1. The van der Waals surface area contributed by atoms with Gasteiger partial charge in [0.1, 0.15) is 13.6 Å². The van der Waals surface area contributed by atoms with Crippen LogP contribution < -0.4 is 9.64 Å². The molecule has 2 aliphatic heterocycles. The van der Waals surface area contributed by atoms with E-state index >= 15 is 0 Å². The Bertz CT molecular complexity index is 1060. The Balaban J connectivity index is 1.86. The lowest BCUT2D eigenvalue weighted by atomic mass is 9.91.